The molecule has 0 bridgehead atoms. The third kappa shape index (κ3) is 6.40. The number of aryl methyl sites for hydroxylation is 1. The van der Waals surface area contributed by atoms with Crippen LogP contribution in [0.2, 0.25) is 0 Å². The van der Waals surface area contributed by atoms with Gasteiger partial charge in [0.2, 0.25) is 0 Å². The summed E-state index contributed by atoms with van der Waals surface area (Å²) in [6.45, 7) is 7.05. The molecule has 0 aliphatic carbocycles. The van der Waals surface area contributed by atoms with E-state index in [0.717, 1.165) is 12.0 Å². The van der Waals surface area contributed by atoms with Crippen molar-refractivity contribution in [2.45, 2.75) is 46.6 Å². The fraction of sp³-hybridized carbons (Fsp3) is 0.500. The van der Waals surface area contributed by atoms with Crippen LogP contribution < -0.4 is 10.2 Å². The van der Waals surface area contributed by atoms with Crippen LogP contribution in [0.4, 0.5) is 0 Å². The SMILES string of the molecule is COCCCOc1cc(CCC(C)(C)C)c(-c2cc(=O)c(C(=O)O)c[nH]2)nc1CO. The first kappa shape index (κ1) is 23.6. The molecule has 2 rings (SSSR count). The minimum Gasteiger partial charge on any atom is -0.491 e. The summed E-state index contributed by atoms with van der Waals surface area (Å²) in [7, 11) is 1.62. The Balaban J connectivity index is 2.49. The third-order valence-corrected chi connectivity index (χ3v) is 4.58. The van der Waals surface area contributed by atoms with Gasteiger partial charge in [0, 0.05) is 32.4 Å². The van der Waals surface area contributed by atoms with E-state index in [-0.39, 0.29) is 17.6 Å². The number of aliphatic hydroxyl groups excluding tert-OH is 1. The number of carboxylic acids is 1. The van der Waals surface area contributed by atoms with E-state index in [2.05, 4.69) is 30.7 Å². The maximum absolute atomic E-state index is 12.2. The van der Waals surface area contributed by atoms with Crippen LogP contribution in [0.15, 0.2) is 23.1 Å². The van der Waals surface area contributed by atoms with Gasteiger partial charge < -0.3 is 24.7 Å². The molecule has 0 aliphatic heterocycles. The molecule has 0 atom stereocenters. The van der Waals surface area contributed by atoms with Crippen LogP contribution in [-0.4, -0.2) is 46.5 Å². The highest BCUT2D eigenvalue weighted by atomic mass is 16.5. The molecular weight excluding hydrogens is 388 g/mol. The number of ether oxygens (including phenoxy) is 2. The second-order valence-corrected chi connectivity index (χ2v) is 8.28. The summed E-state index contributed by atoms with van der Waals surface area (Å²) in [5, 5.41) is 18.9. The number of carboxylic acid groups (broad SMARTS) is 1. The van der Waals surface area contributed by atoms with Crippen molar-refractivity contribution >= 4 is 5.97 Å². The van der Waals surface area contributed by atoms with Crippen molar-refractivity contribution in [1.82, 2.24) is 9.97 Å². The number of aromatic carboxylic acids is 1. The second-order valence-electron chi connectivity index (χ2n) is 8.28. The lowest BCUT2D eigenvalue weighted by Crippen LogP contribution is -2.15. The predicted octanol–water partition coefficient (Wildman–Crippen LogP) is 3.02. The maximum atomic E-state index is 12.2. The molecule has 2 heterocycles. The molecular formula is C22H30N2O6. The molecule has 0 amide bonds. The first-order valence-corrected chi connectivity index (χ1v) is 9.88. The highest BCUT2D eigenvalue weighted by Crippen LogP contribution is 2.30. The molecule has 0 fully saturated rings. The number of H-pyrrole nitrogens is 1. The maximum Gasteiger partial charge on any atom is 0.341 e. The summed E-state index contributed by atoms with van der Waals surface area (Å²) < 4.78 is 10.8. The lowest BCUT2D eigenvalue weighted by atomic mass is 9.88. The molecule has 0 aromatic carbocycles. The van der Waals surface area contributed by atoms with E-state index < -0.39 is 11.4 Å². The van der Waals surface area contributed by atoms with Gasteiger partial charge in [0.1, 0.15) is 17.0 Å². The van der Waals surface area contributed by atoms with Gasteiger partial charge in [-0.25, -0.2) is 9.78 Å². The van der Waals surface area contributed by atoms with Gasteiger partial charge in [0.15, 0.2) is 5.43 Å². The molecule has 2 aromatic heterocycles. The Kier molecular flexibility index (Phi) is 8.14. The summed E-state index contributed by atoms with van der Waals surface area (Å²) in [6.07, 6.45) is 3.41. The molecule has 0 spiro atoms. The van der Waals surface area contributed by atoms with Crippen LogP contribution >= 0.6 is 0 Å². The van der Waals surface area contributed by atoms with E-state index in [1.54, 1.807) is 7.11 Å². The Hall–Kier alpha value is -2.71. The van der Waals surface area contributed by atoms with E-state index in [1.165, 1.54) is 12.3 Å². The lowest BCUT2D eigenvalue weighted by Gasteiger charge is -2.20. The average molecular weight is 418 g/mol. The van der Waals surface area contributed by atoms with Crippen molar-refractivity contribution < 1.29 is 24.5 Å². The number of aliphatic hydroxyl groups is 1. The Bertz CT molecular complexity index is 930. The van der Waals surface area contributed by atoms with Gasteiger partial charge in [0.25, 0.3) is 0 Å². The molecule has 0 radical (unpaired) electrons. The monoisotopic (exact) mass is 418 g/mol. The van der Waals surface area contributed by atoms with Crippen molar-refractivity contribution in [2.24, 2.45) is 5.41 Å². The zero-order valence-corrected chi connectivity index (χ0v) is 17.9. The predicted molar refractivity (Wildman–Crippen MR) is 113 cm³/mol. The number of nitrogens with zero attached hydrogens (tertiary/aromatic N) is 1. The first-order chi connectivity index (χ1) is 14.2. The van der Waals surface area contributed by atoms with Crippen LogP contribution in [0.3, 0.4) is 0 Å². The lowest BCUT2D eigenvalue weighted by molar-refractivity contribution is 0.0695. The van der Waals surface area contributed by atoms with Crippen molar-refractivity contribution in [3.8, 4) is 17.1 Å². The number of rotatable bonds is 10. The standard InChI is InChI=1S/C22H30N2O6/c1-22(2,3)7-6-14-10-19(30-9-5-8-29-4)17(13-25)24-20(14)16-11-18(26)15(12-23-16)21(27)28/h10-12,25H,5-9,13H2,1-4H3,(H,23,26)(H,27,28). The van der Waals surface area contributed by atoms with Crippen molar-refractivity contribution in [1.29, 1.82) is 0 Å². The molecule has 30 heavy (non-hydrogen) atoms. The van der Waals surface area contributed by atoms with Crippen LogP contribution in [0.25, 0.3) is 11.4 Å². The van der Waals surface area contributed by atoms with E-state index in [9.17, 15) is 14.7 Å². The smallest absolute Gasteiger partial charge is 0.341 e. The summed E-state index contributed by atoms with van der Waals surface area (Å²) in [4.78, 5) is 30.8. The second kappa shape index (κ2) is 10.4. The van der Waals surface area contributed by atoms with E-state index in [0.29, 0.717) is 48.9 Å². The van der Waals surface area contributed by atoms with Gasteiger partial charge in [-0.15, -0.1) is 0 Å². The molecule has 0 aliphatic rings. The molecule has 0 saturated heterocycles. The number of carbonyl (C=O) groups is 1. The van der Waals surface area contributed by atoms with Crippen molar-refractivity contribution in [2.75, 3.05) is 20.3 Å². The summed E-state index contributed by atoms with van der Waals surface area (Å²) in [5.41, 5.74) is 1.23. The van der Waals surface area contributed by atoms with Gasteiger partial charge in [0.05, 0.1) is 24.6 Å². The van der Waals surface area contributed by atoms with Gasteiger partial charge in [-0.3, -0.25) is 4.79 Å². The highest BCUT2D eigenvalue weighted by molar-refractivity contribution is 5.87. The number of nitrogens with one attached hydrogen (secondary N) is 1. The summed E-state index contributed by atoms with van der Waals surface area (Å²) in [6, 6.07) is 3.07. The number of hydrogen-bond acceptors (Lipinski definition) is 6. The fourth-order valence-corrected chi connectivity index (χ4v) is 2.90. The normalized spacial score (nSPS) is 11.5. The minimum atomic E-state index is -1.29. The van der Waals surface area contributed by atoms with Gasteiger partial charge in [-0.1, -0.05) is 20.8 Å². The van der Waals surface area contributed by atoms with Gasteiger partial charge in [-0.2, -0.15) is 0 Å². The zero-order chi connectivity index (χ0) is 22.3. The Labute approximate surface area is 175 Å². The quantitative estimate of drug-likeness (QED) is 0.507. The van der Waals surface area contributed by atoms with Gasteiger partial charge >= 0.3 is 5.97 Å². The van der Waals surface area contributed by atoms with Gasteiger partial charge in [-0.05, 0) is 29.9 Å². The van der Waals surface area contributed by atoms with Crippen LogP contribution in [0.5, 0.6) is 5.75 Å². The van der Waals surface area contributed by atoms with Crippen LogP contribution in [-0.2, 0) is 17.8 Å². The van der Waals surface area contributed by atoms with E-state index in [1.807, 2.05) is 6.07 Å². The largest absolute Gasteiger partial charge is 0.491 e. The molecule has 8 nitrogen and oxygen atoms in total. The fourth-order valence-electron chi connectivity index (χ4n) is 2.90. The van der Waals surface area contributed by atoms with Crippen molar-refractivity contribution in [3.05, 3.63) is 45.4 Å². The molecule has 0 unspecified atom stereocenters. The Morgan fingerprint density at radius 2 is 1.97 bits per heavy atom. The number of pyridine rings is 2. The summed E-state index contributed by atoms with van der Waals surface area (Å²) in [5.74, 6) is -0.801. The highest BCUT2D eigenvalue weighted by Gasteiger charge is 2.19. The van der Waals surface area contributed by atoms with Crippen LogP contribution in [0.1, 0.15) is 55.2 Å². The minimum absolute atomic E-state index is 0.0764. The van der Waals surface area contributed by atoms with Crippen molar-refractivity contribution in [3.63, 3.8) is 0 Å². The Morgan fingerprint density at radius 3 is 2.53 bits per heavy atom. The average Bonchev–Trinajstić information content (AvgIpc) is 2.68. The summed E-state index contributed by atoms with van der Waals surface area (Å²) >= 11 is 0. The van der Waals surface area contributed by atoms with E-state index in [4.69, 9.17) is 14.6 Å². The molecule has 2 aromatic rings. The first-order valence-electron chi connectivity index (χ1n) is 9.88. The zero-order valence-electron chi connectivity index (χ0n) is 17.9. The number of aromatic amines is 1. The number of methoxy groups -OCH3 is 1. The molecule has 3 N–H and O–H groups in total. The van der Waals surface area contributed by atoms with E-state index >= 15 is 0 Å². The Morgan fingerprint density at radius 1 is 1.23 bits per heavy atom. The molecule has 164 valence electrons. The topological polar surface area (TPSA) is 122 Å². The number of hydrogen-bond donors (Lipinski definition) is 3. The van der Waals surface area contributed by atoms with Crippen LogP contribution in [0, 0.1) is 5.41 Å². The number of aromatic nitrogens is 2. The third-order valence-electron chi connectivity index (χ3n) is 4.58. The molecule has 8 heteroatoms. The molecule has 0 saturated carbocycles.